The first-order valence-corrected chi connectivity index (χ1v) is 7.09. The molecule has 21 heavy (non-hydrogen) atoms. The second kappa shape index (κ2) is 6.39. The monoisotopic (exact) mass is 298 g/mol. The van der Waals surface area contributed by atoms with Gasteiger partial charge in [-0.15, -0.1) is 0 Å². The Hall–Kier alpha value is -1.69. The van der Waals surface area contributed by atoms with Crippen molar-refractivity contribution in [1.29, 1.82) is 0 Å². The van der Waals surface area contributed by atoms with Gasteiger partial charge < -0.3 is 15.7 Å². The van der Waals surface area contributed by atoms with Gasteiger partial charge in [-0.1, -0.05) is 6.07 Å². The summed E-state index contributed by atoms with van der Waals surface area (Å²) >= 11 is 0. The van der Waals surface area contributed by atoms with Crippen LogP contribution in [0.2, 0.25) is 0 Å². The molecule has 1 saturated carbocycles. The van der Waals surface area contributed by atoms with Gasteiger partial charge in [0.25, 0.3) is 0 Å². The maximum atomic E-state index is 13.8. The standard InChI is InChI=1S/C15H20F2N2O2/c1-10(20)5-8-18-14(21)19-9-15(6-7-15)13-11(16)3-2-4-12(13)17/h2-4,10,20H,5-9H2,1H3,(H2,18,19,21). The van der Waals surface area contributed by atoms with Gasteiger partial charge in [0.2, 0.25) is 0 Å². The molecule has 3 N–H and O–H groups in total. The minimum atomic E-state index is -0.628. The first-order chi connectivity index (χ1) is 9.94. The molecule has 0 spiro atoms. The Kier molecular flexibility index (Phi) is 4.77. The highest BCUT2D eigenvalue weighted by Crippen LogP contribution is 2.49. The lowest BCUT2D eigenvalue weighted by molar-refractivity contribution is 0.183. The molecular weight excluding hydrogens is 278 g/mol. The topological polar surface area (TPSA) is 61.4 Å². The molecule has 1 aromatic carbocycles. The number of hydrogen-bond donors (Lipinski definition) is 3. The van der Waals surface area contributed by atoms with Crippen molar-refractivity contribution in [3.8, 4) is 0 Å². The third-order valence-electron chi connectivity index (χ3n) is 3.78. The van der Waals surface area contributed by atoms with E-state index < -0.39 is 29.2 Å². The van der Waals surface area contributed by atoms with Gasteiger partial charge in [0.15, 0.2) is 0 Å². The maximum absolute atomic E-state index is 13.8. The van der Waals surface area contributed by atoms with E-state index in [-0.39, 0.29) is 12.1 Å². The number of amides is 2. The smallest absolute Gasteiger partial charge is 0.314 e. The van der Waals surface area contributed by atoms with Crippen LogP contribution >= 0.6 is 0 Å². The van der Waals surface area contributed by atoms with Gasteiger partial charge in [0.05, 0.1) is 6.10 Å². The van der Waals surface area contributed by atoms with Gasteiger partial charge in [-0.2, -0.15) is 0 Å². The van der Waals surface area contributed by atoms with Crippen LogP contribution in [-0.2, 0) is 5.41 Å². The van der Waals surface area contributed by atoms with Crippen LogP contribution in [0.15, 0.2) is 18.2 Å². The Balaban J connectivity index is 1.89. The van der Waals surface area contributed by atoms with Gasteiger partial charge in [-0.05, 0) is 38.3 Å². The first kappa shape index (κ1) is 15.7. The minimum Gasteiger partial charge on any atom is -0.393 e. The van der Waals surface area contributed by atoms with Crippen molar-refractivity contribution in [2.45, 2.75) is 37.7 Å². The molecule has 1 unspecified atom stereocenters. The Labute approximate surface area is 122 Å². The third kappa shape index (κ3) is 3.91. The van der Waals surface area contributed by atoms with Crippen LogP contribution in [0.5, 0.6) is 0 Å². The number of nitrogens with one attached hydrogen (secondary N) is 2. The number of halogens is 2. The molecule has 1 aliphatic carbocycles. The van der Waals surface area contributed by atoms with Gasteiger partial charge in [-0.3, -0.25) is 0 Å². The van der Waals surface area contributed by atoms with Crippen LogP contribution in [0.3, 0.4) is 0 Å². The van der Waals surface area contributed by atoms with Gasteiger partial charge >= 0.3 is 6.03 Å². The normalized spacial score (nSPS) is 17.1. The average Bonchev–Trinajstić information content (AvgIpc) is 3.17. The zero-order chi connectivity index (χ0) is 15.5. The summed E-state index contributed by atoms with van der Waals surface area (Å²) in [6.07, 6.45) is 1.28. The fourth-order valence-electron chi connectivity index (χ4n) is 2.38. The summed E-state index contributed by atoms with van der Waals surface area (Å²) in [6.45, 7) is 2.19. The van der Waals surface area contributed by atoms with E-state index in [9.17, 15) is 13.6 Å². The summed E-state index contributed by atoms with van der Waals surface area (Å²) in [4.78, 5) is 11.6. The van der Waals surface area contributed by atoms with Gasteiger partial charge in [-0.25, -0.2) is 13.6 Å². The van der Waals surface area contributed by atoms with E-state index in [1.165, 1.54) is 18.2 Å². The van der Waals surface area contributed by atoms with Crippen molar-refractivity contribution in [3.63, 3.8) is 0 Å². The molecule has 0 saturated heterocycles. The highest BCUT2D eigenvalue weighted by Gasteiger charge is 2.47. The van der Waals surface area contributed by atoms with Gasteiger partial charge in [0.1, 0.15) is 11.6 Å². The summed E-state index contributed by atoms with van der Waals surface area (Å²) in [6, 6.07) is 3.42. The molecule has 0 heterocycles. The molecule has 2 rings (SSSR count). The van der Waals surface area contributed by atoms with Crippen LogP contribution < -0.4 is 10.6 Å². The second-order valence-corrected chi connectivity index (χ2v) is 5.62. The number of hydrogen-bond acceptors (Lipinski definition) is 2. The molecule has 6 heteroatoms. The largest absolute Gasteiger partial charge is 0.393 e. The summed E-state index contributed by atoms with van der Waals surface area (Å²) < 4.78 is 27.6. The van der Waals surface area contributed by atoms with E-state index in [4.69, 9.17) is 5.11 Å². The molecule has 0 bridgehead atoms. The SMILES string of the molecule is CC(O)CCNC(=O)NCC1(c2c(F)cccc2F)CC1. The zero-order valence-electron chi connectivity index (χ0n) is 12.0. The molecule has 1 aromatic rings. The van der Waals surface area contributed by atoms with Crippen molar-refractivity contribution in [2.24, 2.45) is 0 Å². The summed E-state index contributed by atoms with van der Waals surface area (Å²) in [7, 11) is 0. The Morgan fingerprint density at radius 2 is 1.95 bits per heavy atom. The summed E-state index contributed by atoms with van der Waals surface area (Å²) in [5.74, 6) is -1.13. The molecule has 0 aromatic heterocycles. The van der Waals surface area contributed by atoms with Crippen molar-refractivity contribution in [2.75, 3.05) is 13.1 Å². The Morgan fingerprint density at radius 1 is 1.33 bits per heavy atom. The lowest BCUT2D eigenvalue weighted by Gasteiger charge is -2.18. The van der Waals surface area contributed by atoms with Crippen LogP contribution in [0.25, 0.3) is 0 Å². The number of rotatable bonds is 6. The Morgan fingerprint density at radius 3 is 2.48 bits per heavy atom. The van der Waals surface area contributed by atoms with Crippen LogP contribution in [0.1, 0.15) is 31.7 Å². The fraction of sp³-hybridized carbons (Fsp3) is 0.533. The van der Waals surface area contributed by atoms with E-state index in [0.717, 1.165) is 0 Å². The van der Waals surface area contributed by atoms with E-state index in [1.54, 1.807) is 6.92 Å². The van der Waals surface area contributed by atoms with Crippen molar-refractivity contribution < 1.29 is 18.7 Å². The first-order valence-electron chi connectivity index (χ1n) is 7.09. The minimum absolute atomic E-state index is 0.0641. The lowest BCUT2D eigenvalue weighted by Crippen LogP contribution is -2.41. The number of urea groups is 1. The number of carbonyl (C=O) groups excluding carboxylic acids is 1. The zero-order valence-corrected chi connectivity index (χ0v) is 12.0. The van der Waals surface area contributed by atoms with Crippen molar-refractivity contribution >= 4 is 6.03 Å². The summed E-state index contributed by atoms with van der Waals surface area (Å²) in [5, 5.41) is 14.3. The van der Waals surface area contributed by atoms with E-state index in [2.05, 4.69) is 10.6 Å². The highest BCUT2D eigenvalue weighted by molar-refractivity contribution is 5.74. The molecular formula is C15H20F2N2O2. The predicted octanol–water partition coefficient (Wildman–Crippen LogP) is 2.07. The quantitative estimate of drug-likeness (QED) is 0.753. The molecule has 1 aliphatic rings. The highest BCUT2D eigenvalue weighted by atomic mass is 19.1. The lowest BCUT2D eigenvalue weighted by atomic mass is 9.94. The predicted molar refractivity (Wildman–Crippen MR) is 75.0 cm³/mol. The van der Waals surface area contributed by atoms with E-state index >= 15 is 0 Å². The number of carbonyl (C=O) groups is 1. The van der Waals surface area contributed by atoms with E-state index in [0.29, 0.717) is 25.8 Å². The van der Waals surface area contributed by atoms with E-state index in [1.807, 2.05) is 0 Å². The summed E-state index contributed by atoms with van der Waals surface area (Å²) in [5.41, 5.74) is -0.564. The molecule has 0 radical (unpaired) electrons. The molecule has 0 aliphatic heterocycles. The fourth-order valence-corrected chi connectivity index (χ4v) is 2.38. The molecule has 4 nitrogen and oxygen atoms in total. The van der Waals surface area contributed by atoms with Crippen molar-refractivity contribution in [1.82, 2.24) is 10.6 Å². The van der Waals surface area contributed by atoms with Crippen LogP contribution in [-0.4, -0.2) is 30.3 Å². The number of benzene rings is 1. The molecule has 1 fully saturated rings. The maximum Gasteiger partial charge on any atom is 0.314 e. The molecule has 1 atom stereocenters. The van der Waals surface area contributed by atoms with Crippen LogP contribution in [0, 0.1) is 11.6 Å². The second-order valence-electron chi connectivity index (χ2n) is 5.62. The van der Waals surface area contributed by atoms with Gasteiger partial charge in [0, 0.05) is 24.1 Å². The molecule has 2 amide bonds. The average molecular weight is 298 g/mol. The number of aliphatic hydroxyl groups is 1. The Bertz CT molecular complexity index is 496. The third-order valence-corrected chi connectivity index (χ3v) is 3.78. The van der Waals surface area contributed by atoms with Crippen LogP contribution in [0.4, 0.5) is 13.6 Å². The number of aliphatic hydroxyl groups excluding tert-OH is 1. The molecule has 116 valence electrons. The van der Waals surface area contributed by atoms with Crippen molar-refractivity contribution in [3.05, 3.63) is 35.4 Å².